The summed E-state index contributed by atoms with van der Waals surface area (Å²) in [5.41, 5.74) is 12.4. The fraction of sp³-hybridized carbons (Fsp3) is 0.545. The monoisotopic (exact) mass is 381 g/mol. The van der Waals surface area contributed by atoms with Crippen LogP contribution in [-0.2, 0) is 11.2 Å². The van der Waals surface area contributed by atoms with Crippen LogP contribution >= 0.6 is 0 Å². The third kappa shape index (κ3) is 3.47. The van der Waals surface area contributed by atoms with E-state index >= 15 is 0 Å². The normalized spacial score (nSPS) is 26.9. The van der Waals surface area contributed by atoms with E-state index in [2.05, 4.69) is 71.8 Å². The molecule has 3 N–H and O–H groups in total. The van der Waals surface area contributed by atoms with E-state index in [0.29, 0.717) is 6.04 Å². The first-order valence-corrected chi connectivity index (χ1v) is 10.4. The molecule has 1 aliphatic carbocycles. The smallest absolute Gasteiger partial charge is 0.239 e. The number of hydrogen-bond acceptors (Lipinski definition) is 4. The second-order valence-corrected chi connectivity index (χ2v) is 8.40. The van der Waals surface area contributed by atoms with Crippen molar-refractivity contribution in [2.45, 2.75) is 71.5 Å². The first-order chi connectivity index (χ1) is 13.5. The summed E-state index contributed by atoms with van der Waals surface area (Å²) in [6.45, 7) is 8.51. The van der Waals surface area contributed by atoms with Crippen molar-refractivity contribution in [1.29, 1.82) is 0 Å². The summed E-state index contributed by atoms with van der Waals surface area (Å²) in [5, 5.41) is 7.97. The van der Waals surface area contributed by atoms with Crippen LogP contribution in [0.5, 0.6) is 0 Å². The number of carbonyl (C=O) groups is 1. The third-order valence-electron chi connectivity index (χ3n) is 6.26. The standard InChI is InChI=1S/C22H31N5O/c1-5-18-15(4)21(26-25-18)22(28)24-19-7-6-8-20-17(19)12-23-27(20)16-10-13(2)9-14(3)11-16/h9-12,15,18-19,21,25-26H,5-8H2,1-4H3,(H,24,28). The van der Waals surface area contributed by atoms with Crippen molar-refractivity contribution in [3.8, 4) is 5.69 Å². The van der Waals surface area contributed by atoms with E-state index in [4.69, 9.17) is 0 Å². The van der Waals surface area contributed by atoms with Gasteiger partial charge in [0.2, 0.25) is 5.91 Å². The molecule has 6 nitrogen and oxygen atoms in total. The van der Waals surface area contributed by atoms with Crippen molar-refractivity contribution in [1.82, 2.24) is 25.9 Å². The third-order valence-corrected chi connectivity index (χ3v) is 6.26. The minimum absolute atomic E-state index is 0.0329. The number of aryl methyl sites for hydroxylation is 2. The van der Waals surface area contributed by atoms with Gasteiger partial charge in [-0.2, -0.15) is 5.10 Å². The number of hydrogen-bond donors (Lipinski definition) is 3. The van der Waals surface area contributed by atoms with Gasteiger partial charge >= 0.3 is 0 Å². The lowest BCUT2D eigenvalue weighted by Gasteiger charge is -2.26. The summed E-state index contributed by atoms with van der Waals surface area (Å²) in [6.07, 6.45) is 5.96. The van der Waals surface area contributed by atoms with Crippen LogP contribution < -0.4 is 16.2 Å². The Labute approximate surface area is 167 Å². The van der Waals surface area contributed by atoms with E-state index in [1.54, 1.807) is 0 Å². The Hall–Kier alpha value is -2.18. The van der Waals surface area contributed by atoms with Crippen molar-refractivity contribution in [2.75, 3.05) is 0 Å². The van der Waals surface area contributed by atoms with Gasteiger partial charge in [-0.15, -0.1) is 0 Å². The van der Waals surface area contributed by atoms with Crippen LogP contribution in [0.15, 0.2) is 24.4 Å². The van der Waals surface area contributed by atoms with Crippen LogP contribution in [0.1, 0.15) is 61.5 Å². The number of hydrazine groups is 1. The number of rotatable bonds is 4. The Bertz CT molecular complexity index is 854. The van der Waals surface area contributed by atoms with Gasteiger partial charge in [0, 0.05) is 17.3 Å². The molecule has 0 bridgehead atoms. The Morgan fingerprint density at radius 3 is 2.68 bits per heavy atom. The Morgan fingerprint density at radius 1 is 1.25 bits per heavy atom. The molecule has 2 aliphatic rings. The van der Waals surface area contributed by atoms with E-state index in [0.717, 1.165) is 36.9 Å². The number of nitrogens with one attached hydrogen (secondary N) is 3. The molecule has 0 saturated carbocycles. The average Bonchev–Trinajstić information content (AvgIpc) is 3.25. The molecule has 1 fully saturated rings. The molecular weight excluding hydrogens is 350 g/mol. The molecule has 1 aromatic carbocycles. The highest BCUT2D eigenvalue weighted by atomic mass is 16.2. The minimum atomic E-state index is -0.190. The highest BCUT2D eigenvalue weighted by Crippen LogP contribution is 2.32. The molecule has 150 valence electrons. The second-order valence-electron chi connectivity index (χ2n) is 8.40. The maximum Gasteiger partial charge on any atom is 0.239 e. The molecule has 1 aliphatic heterocycles. The van der Waals surface area contributed by atoms with Crippen molar-refractivity contribution in [2.24, 2.45) is 5.92 Å². The van der Waals surface area contributed by atoms with Crippen molar-refractivity contribution >= 4 is 5.91 Å². The van der Waals surface area contributed by atoms with E-state index in [1.165, 1.54) is 16.8 Å². The van der Waals surface area contributed by atoms with Gasteiger partial charge in [0.15, 0.2) is 0 Å². The molecule has 1 amide bonds. The molecule has 2 heterocycles. The number of benzene rings is 1. The largest absolute Gasteiger partial charge is 0.348 e. The fourth-order valence-corrected chi connectivity index (χ4v) is 4.73. The lowest BCUT2D eigenvalue weighted by molar-refractivity contribution is -0.124. The van der Waals surface area contributed by atoms with Gasteiger partial charge < -0.3 is 5.32 Å². The quantitative estimate of drug-likeness (QED) is 0.762. The molecule has 6 heteroatoms. The van der Waals surface area contributed by atoms with Gasteiger partial charge in [-0.1, -0.05) is 19.9 Å². The van der Waals surface area contributed by atoms with E-state index in [-0.39, 0.29) is 23.9 Å². The Morgan fingerprint density at radius 2 is 2.00 bits per heavy atom. The zero-order chi connectivity index (χ0) is 19.8. The molecule has 0 radical (unpaired) electrons. The van der Waals surface area contributed by atoms with Gasteiger partial charge in [-0.3, -0.25) is 10.2 Å². The van der Waals surface area contributed by atoms with Crippen molar-refractivity contribution in [3.05, 3.63) is 46.8 Å². The minimum Gasteiger partial charge on any atom is -0.348 e. The predicted molar refractivity (Wildman–Crippen MR) is 110 cm³/mol. The number of carbonyl (C=O) groups excluding carboxylic acids is 1. The fourth-order valence-electron chi connectivity index (χ4n) is 4.73. The summed E-state index contributed by atoms with van der Waals surface area (Å²) in [6, 6.07) is 6.70. The van der Waals surface area contributed by atoms with Crippen molar-refractivity contribution < 1.29 is 4.79 Å². The molecule has 4 rings (SSSR count). The number of aromatic nitrogens is 2. The molecule has 1 saturated heterocycles. The highest BCUT2D eigenvalue weighted by Gasteiger charge is 2.37. The SMILES string of the molecule is CCC1NNC(C(=O)NC2CCCc3c2cnn3-c2cc(C)cc(C)c2)C1C. The Balaban J connectivity index is 1.55. The first-order valence-electron chi connectivity index (χ1n) is 10.4. The second kappa shape index (κ2) is 7.68. The van der Waals surface area contributed by atoms with Crippen LogP contribution in [0.2, 0.25) is 0 Å². The summed E-state index contributed by atoms with van der Waals surface area (Å²) < 4.78 is 2.05. The van der Waals surface area contributed by atoms with Gasteiger partial charge in [0.05, 0.1) is 17.9 Å². The van der Waals surface area contributed by atoms with Crippen molar-refractivity contribution in [3.63, 3.8) is 0 Å². The summed E-state index contributed by atoms with van der Waals surface area (Å²) in [4.78, 5) is 12.9. The van der Waals surface area contributed by atoms with Gasteiger partial charge in [0.1, 0.15) is 6.04 Å². The topological polar surface area (TPSA) is 71.0 Å². The van der Waals surface area contributed by atoms with Gasteiger partial charge in [0.25, 0.3) is 0 Å². The summed E-state index contributed by atoms with van der Waals surface area (Å²) in [5.74, 6) is 0.346. The zero-order valence-electron chi connectivity index (χ0n) is 17.2. The maximum atomic E-state index is 12.9. The summed E-state index contributed by atoms with van der Waals surface area (Å²) >= 11 is 0. The highest BCUT2D eigenvalue weighted by molar-refractivity contribution is 5.83. The lowest BCUT2D eigenvalue weighted by Crippen LogP contribution is -2.46. The van der Waals surface area contributed by atoms with E-state index < -0.39 is 0 Å². The van der Waals surface area contributed by atoms with Crippen LogP contribution in [0.4, 0.5) is 0 Å². The molecule has 4 atom stereocenters. The molecule has 4 unspecified atom stereocenters. The zero-order valence-corrected chi connectivity index (χ0v) is 17.2. The van der Waals surface area contributed by atoms with Crippen LogP contribution in [0.25, 0.3) is 5.69 Å². The van der Waals surface area contributed by atoms with Gasteiger partial charge in [-0.05, 0) is 68.7 Å². The molecular formula is C22H31N5O. The first kappa shape index (κ1) is 19.2. The van der Waals surface area contributed by atoms with Crippen LogP contribution in [-0.4, -0.2) is 27.8 Å². The number of amides is 1. The molecule has 28 heavy (non-hydrogen) atoms. The number of nitrogens with zero attached hydrogens (tertiary/aromatic N) is 2. The molecule has 0 spiro atoms. The predicted octanol–water partition coefficient (Wildman–Crippen LogP) is 2.87. The number of fused-ring (bicyclic) bond motifs is 1. The average molecular weight is 382 g/mol. The molecule has 2 aromatic rings. The lowest BCUT2D eigenvalue weighted by atomic mass is 9.91. The molecule has 1 aromatic heterocycles. The van der Waals surface area contributed by atoms with Crippen LogP contribution in [0, 0.1) is 19.8 Å². The summed E-state index contributed by atoms with van der Waals surface area (Å²) in [7, 11) is 0. The van der Waals surface area contributed by atoms with E-state index in [1.807, 2.05) is 6.20 Å². The maximum absolute atomic E-state index is 12.9. The van der Waals surface area contributed by atoms with Crippen LogP contribution in [0.3, 0.4) is 0 Å². The van der Waals surface area contributed by atoms with E-state index in [9.17, 15) is 4.79 Å². The van der Waals surface area contributed by atoms with Gasteiger partial charge in [-0.25, -0.2) is 10.1 Å². The Kier molecular flexibility index (Phi) is 5.25.